The number of aliphatic imine (C=N–C) groups is 1. The monoisotopic (exact) mass is 486 g/mol. The van der Waals surface area contributed by atoms with Crippen LogP contribution in [0.1, 0.15) is 75.2 Å². The van der Waals surface area contributed by atoms with Crippen LogP contribution in [0.5, 0.6) is 5.75 Å². The first-order valence-electron chi connectivity index (χ1n) is 12.9. The van der Waals surface area contributed by atoms with Crippen molar-refractivity contribution in [3.8, 4) is 5.75 Å². The lowest BCUT2D eigenvalue weighted by Crippen LogP contribution is -2.39. The van der Waals surface area contributed by atoms with Gasteiger partial charge in [0.05, 0.1) is 6.61 Å². The summed E-state index contributed by atoms with van der Waals surface area (Å²) in [5.74, 6) is 1.73. The quantitative estimate of drug-likeness (QED) is 0.340. The maximum absolute atomic E-state index is 12.6. The Balaban J connectivity index is 1.36. The van der Waals surface area contributed by atoms with E-state index in [2.05, 4.69) is 10.3 Å². The van der Waals surface area contributed by atoms with E-state index in [1.165, 1.54) is 0 Å². The summed E-state index contributed by atoms with van der Waals surface area (Å²) in [6, 6.07) is 5.62. The average molecular weight is 487 g/mol. The third kappa shape index (κ3) is 8.23. The second kappa shape index (κ2) is 12.4. The SMILES string of the molecule is Cc1cc(OCCCC2CCN(C(=O)N=C(N)C(C)(C)C)CC2)ccc1C(=O)NC1CCOCC1. The van der Waals surface area contributed by atoms with Crippen molar-refractivity contribution >= 4 is 17.8 Å². The van der Waals surface area contributed by atoms with Crippen molar-refractivity contribution < 1.29 is 19.1 Å². The second-order valence-corrected chi connectivity index (χ2v) is 10.8. The highest BCUT2D eigenvalue weighted by Crippen LogP contribution is 2.24. The zero-order valence-corrected chi connectivity index (χ0v) is 21.8. The summed E-state index contributed by atoms with van der Waals surface area (Å²) in [7, 11) is 0. The molecule has 1 aromatic carbocycles. The van der Waals surface area contributed by atoms with Crippen LogP contribution in [0.2, 0.25) is 0 Å². The molecule has 2 aliphatic heterocycles. The van der Waals surface area contributed by atoms with Gasteiger partial charge in [-0.2, -0.15) is 4.99 Å². The molecule has 1 aromatic rings. The molecule has 2 heterocycles. The van der Waals surface area contributed by atoms with E-state index >= 15 is 0 Å². The van der Waals surface area contributed by atoms with E-state index in [4.69, 9.17) is 15.2 Å². The number of nitrogens with one attached hydrogen (secondary N) is 1. The summed E-state index contributed by atoms with van der Waals surface area (Å²) >= 11 is 0. The molecule has 8 nitrogen and oxygen atoms in total. The lowest BCUT2D eigenvalue weighted by atomic mass is 9.92. The Bertz CT molecular complexity index is 895. The van der Waals surface area contributed by atoms with Gasteiger partial charge >= 0.3 is 6.03 Å². The van der Waals surface area contributed by atoms with Crippen molar-refractivity contribution in [2.75, 3.05) is 32.9 Å². The van der Waals surface area contributed by atoms with Crippen molar-refractivity contribution in [1.29, 1.82) is 0 Å². The molecule has 0 aromatic heterocycles. The number of carbonyl (C=O) groups excluding carboxylic acids is 2. The molecule has 2 aliphatic rings. The molecule has 0 radical (unpaired) electrons. The number of urea groups is 1. The third-order valence-corrected chi connectivity index (χ3v) is 6.89. The van der Waals surface area contributed by atoms with Crippen LogP contribution in [0.4, 0.5) is 4.79 Å². The van der Waals surface area contributed by atoms with Gasteiger partial charge in [0.25, 0.3) is 5.91 Å². The van der Waals surface area contributed by atoms with E-state index in [0.717, 1.165) is 62.9 Å². The molecule has 0 spiro atoms. The molecule has 0 bridgehead atoms. The minimum Gasteiger partial charge on any atom is -0.494 e. The number of nitrogens with two attached hydrogens (primary N) is 1. The van der Waals surface area contributed by atoms with Crippen molar-refractivity contribution in [3.63, 3.8) is 0 Å². The molecule has 0 atom stereocenters. The smallest absolute Gasteiger partial charge is 0.345 e. The van der Waals surface area contributed by atoms with Gasteiger partial charge in [-0.15, -0.1) is 0 Å². The van der Waals surface area contributed by atoms with Crippen molar-refractivity contribution in [1.82, 2.24) is 10.2 Å². The van der Waals surface area contributed by atoms with Crippen molar-refractivity contribution in [3.05, 3.63) is 29.3 Å². The van der Waals surface area contributed by atoms with Crippen molar-refractivity contribution in [2.45, 2.75) is 72.3 Å². The third-order valence-electron chi connectivity index (χ3n) is 6.89. The number of aryl methyl sites for hydroxylation is 1. The van der Waals surface area contributed by atoms with Gasteiger partial charge in [-0.05, 0) is 75.1 Å². The molecule has 3 amide bonds. The van der Waals surface area contributed by atoms with Crippen LogP contribution in [0, 0.1) is 18.3 Å². The number of ether oxygens (including phenoxy) is 2. The largest absolute Gasteiger partial charge is 0.494 e. The summed E-state index contributed by atoms with van der Waals surface area (Å²) in [6.07, 6.45) is 5.71. The Labute approximate surface area is 209 Å². The van der Waals surface area contributed by atoms with Crippen LogP contribution < -0.4 is 15.8 Å². The van der Waals surface area contributed by atoms with Gasteiger partial charge in [-0.3, -0.25) is 4.79 Å². The van der Waals surface area contributed by atoms with Gasteiger partial charge in [0.1, 0.15) is 11.6 Å². The van der Waals surface area contributed by atoms with E-state index < -0.39 is 0 Å². The zero-order valence-electron chi connectivity index (χ0n) is 21.8. The first-order chi connectivity index (χ1) is 16.6. The molecule has 35 heavy (non-hydrogen) atoms. The van der Waals surface area contributed by atoms with Crippen molar-refractivity contribution in [2.24, 2.45) is 22.1 Å². The Morgan fingerprint density at radius 3 is 2.49 bits per heavy atom. The first kappa shape index (κ1) is 27.0. The maximum Gasteiger partial charge on any atom is 0.345 e. The number of carbonyl (C=O) groups is 2. The number of hydrogen-bond donors (Lipinski definition) is 2. The molecule has 8 heteroatoms. The van der Waals surface area contributed by atoms with Gasteiger partial charge in [0.15, 0.2) is 0 Å². The molecule has 194 valence electrons. The standard InChI is InChI=1S/C27H42N4O4/c1-19-18-22(7-8-23(19)24(32)29-21-11-16-34-17-12-21)35-15-5-6-20-9-13-31(14-10-20)26(33)30-25(28)27(2,3)4/h7-8,18,20-21H,5-6,9-17H2,1-4H3,(H,29,32)(H2,28,30,33). The minimum atomic E-state index is -0.302. The Morgan fingerprint density at radius 1 is 1.17 bits per heavy atom. The lowest BCUT2D eigenvalue weighted by Gasteiger charge is -2.31. The highest BCUT2D eigenvalue weighted by molar-refractivity contribution is 5.96. The summed E-state index contributed by atoms with van der Waals surface area (Å²) < 4.78 is 11.3. The van der Waals surface area contributed by atoms with E-state index in [1.807, 2.05) is 45.9 Å². The molecule has 3 rings (SSSR count). The van der Waals surface area contributed by atoms with Crippen LogP contribution in [0.15, 0.2) is 23.2 Å². The van der Waals surface area contributed by atoms with Gasteiger partial charge in [0, 0.05) is 43.3 Å². The van der Waals surface area contributed by atoms with Crippen LogP contribution in [-0.2, 0) is 4.74 Å². The van der Waals surface area contributed by atoms with Gasteiger partial charge in [0.2, 0.25) is 0 Å². The van der Waals surface area contributed by atoms with Crippen LogP contribution >= 0.6 is 0 Å². The second-order valence-electron chi connectivity index (χ2n) is 10.8. The molecule has 2 saturated heterocycles. The predicted molar refractivity (Wildman–Crippen MR) is 138 cm³/mol. The number of likely N-dealkylation sites (tertiary alicyclic amines) is 1. The Hall–Kier alpha value is -2.61. The molecule has 0 unspecified atom stereocenters. The number of benzene rings is 1. The van der Waals surface area contributed by atoms with Crippen LogP contribution in [0.3, 0.4) is 0 Å². The lowest BCUT2D eigenvalue weighted by molar-refractivity contribution is 0.0696. The molecule has 0 saturated carbocycles. The number of piperidine rings is 1. The van der Waals surface area contributed by atoms with Gasteiger partial charge < -0.3 is 25.4 Å². The summed E-state index contributed by atoms with van der Waals surface area (Å²) in [6.45, 7) is 11.3. The fourth-order valence-corrected chi connectivity index (χ4v) is 4.40. The fourth-order valence-electron chi connectivity index (χ4n) is 4.40. The molecule has 3 N–H and O–H groups in total. The summed E-state index contributed by atoms with van der Waals surface area (Å²) in [5, 5.41) is 3.11. The van der Waals surface area contributed by atoms with E-state index in [0.29, 0.717) is 37.1 Å². The minimum absolute atomic E-state index is 0.0300. The van der Waals surface area contributed by atoms with Crippen LogP contribution in [-0.4, -0.2) is 61.6 Å². The number of amides is 3. The topological polar surface area (TPSA) is 106 Å². The first-order valence-corrected chi connectivity index (χ1v) is 12.9. The Morgan fingerprint density at radius 2 is 1.86 bits per heavy atom. The van der Waals surface area contributed by atoms with E-state index in [1.54, 1.807) is 4.90 Å². The Kier molecular flexibility index (Phi) is 9.55. The van der Waals surface area contributed by atoms with E-state index in [9.17, 15) is 9.59 Å². The van der Waals surface area contributed by atoms with Gasteiger partial charge in [-0.1, -0.05) is 20.8 Å². The highest BCUT2D eigenvalue weighted by atomic mass is 16.5. The molecule has 2 fully saturated rings. The summed E-state index contributed by atoms with van der Waals surface area (Å²) in [5.41, 5.74) is 7.26. The zero-order chi connectivity index (χ0) is 25.4. The predicted octanol–water partition coefficient (Wildman–Crippen LogP) is 4.30. The number of nitrogens with zero attached hydrogens (tertiary/aromatic N) is 2. The average Bonchev–Trinajstić information content (AvgIpc) is 2.82. The maximum atomic E-state index is 12.6. The summed E-state index contributed by atoms with van der Waals surface area (Å²) in [4.78, 5) is 30.9. The molecule has 0 aliphatic carbocycles. The highest BCUT2D eigenvalue weighted by Gasteiger charge is 2.24. The van der Waals surface area contributed by atoms with Crippen LogP contribution in [0.25, 0.3) is 0 Å². The number of hydrogen-bond acceptors (Lipinski definition) is 4. The number of rotatable bonds is 7. The molecular formula is C27H42N4O4. The number of amidine groups is 1. The normalized spacial score (nSPS) is 18.4. The van der Waals surface area contributed by atoms with E-state index in [-0.39, 0.29) is 23.4 Å². The molecular weight excluding hydrogens is 444 g/mol. The van der Waals surface area contributed by atoms with Gasteiger partial charge in [-0.25, -0.2) is 4.79 Å². The fraction of sp³-hybridized carbons (Fsp3) is 0.667.